The Kier molecular flexibility index (Phi) is 34.9. The van der Waals surface area contributed by atoms with Crippen LogP contribution in [0.2, 0.25) is 0 Å². The summed E-state index contributed by atoms with van der Waals surface area (Å²) >= 11 is 0. The normalized spacial score (nSPS) is 15.7. The number of ether oxygens (including phenoxy) is 2. The maximum absolute atomic E-state index is 12.5. The average molecular weight is 718 g/mol. The number of likely N-dealkylation sites (tertiary alicyclic amines) is 1. The smallest absolute Gasteiger partial charge is 0.379 e. The lowest BCUT2D eigenvalue weighted by Crippen LogP contribution is -2.27. The van der Waals surface area contributed by atoms with E-state index < -0.39 is 7.82 Å². The highest BCUT2D eigenvalue weighted by atomic mass is 31.2. The summed E-state index contributed by atoms with van der Waals surface area (Å²) in [4.78, 5) is 12.5. The van der Waals surface area contributed by atoms with Gasteiger partial charge in [-0.25, -0.2) is 4.57 Å². The molecule has 0 saturated carbocycles. The highest BCUT2D eigenvalue weighted by Crippen LogP contribution is 2.43. The number of nitrogens with zero attached hydrogens (tertiary/aromatic N) is 1. The third-order valence-electron chi connectivity index (χ3n) is 10.1. The molecule has 294 valence electrons. The van der Waals surface area contributed by atoms with Gasteiger partial charge in [0.25, 0.3) is 0 Å². The zero-order valence-corrected chi connectivity index (χ0v) is 33.7. The van der Waals surface area contributed by atoms with Crippen LogP contribution in [0.3, 0.4) is 0 Å². The van der Waals surface area contributed by atoms with E-state index >= 15 is 0 Å². The van der Waals surface area contributed by atoms with Crippen LogP contribution in [0.1, 0.15) is 206 Å². The number of unbranched alkanes of at least 4 members (excludes halogenated alkanes) is 26. The van der Waals surface area contributed by atoms with Crippen molar-refractivity contribution >= 4 is 7.82 Å². The van der Waals surface area contributed by atoms with E-state index in [-0.39, 0.29) is 19.3 Å². The zero-order valence-electron chi connectivity index (χ0n) is 32.8. The minimum Gasteiger partial charge on any atom is -0.379 e. The third-order valence-corrected chi connectivity index (χ3v) is 11.1. The van der Waals surface area contributed by atoms with Crippen molar-refractivity contribution < 1.29 is 28.0 Å². The second-order valence-corrected chi connectivity index (χ2v) is 16.4. The van der Waals surface area contributed by atoms with Gasteiger partial charge in [-0.1, -0.05) is 181 Å². The number of hydrogen-bond acceptors (Lipinski definition) is 6. The average Bonchev–Trinajstić information content (AvgIpc) is 3.62. The van der Waals surface area contributed by atoms with Gasteiger partial charge in [-0.3, -0.25) is 9.05 Å². The first-order valence-corrected chi connectivity index (χ1v) is 23.1. The summed E-state index contributed by atoms with van der Waals surface area (Å²) in [5.74, 6) is 0. The minimum absolute atomic E-state index is 0.00877. The summed E-state index contributed by atoms with van der Waals surface area (Å²) in [7, 11) is -4.12. The maximum Gasteiger partial charge on any atom is 0.472 e. The molecule has 1 rings (SSSR count). The Hall–Kier alpha value is -0.0100. The Labute approximate surface area is 305 Å². The first-order chi connectivity index (χ1) is 24.1. The van der Waals surface area contributed by atoms with Crippen LogP contribution in [0.25, 0.3) is 0 Å². The Balaban J connectivity index is 2.14. The van der Waals surface area contributed by atoms with Crippen LogP contribution < -0.4 is 0 Å². The molecule has 1 heterocycles. The molecule has 0 radical (unpaired) electrons. The number of rotatable bonds is 40. The van der Waals surface area contributed by atoms with Crippen molar-refractivity contribution in [1.82, 2.24) is 4.90 Å². The van der Waals surface area contributed by atoms with E-state index in [4.69, 9.17) is 18.5 Å². The molecule has 2 atom stereocenters. The van der Waals surface area contributed by atoms with Crippen LogP contribution in [-0.4, -0.2) is 68.6 Å². The van der Waals surface area contributed by atoms with Gasteiger partial charge < -0.3 is 19.3 Å². The van der Waals surface area contributed by atoms with Gasteiger partial charge in [0.1, 0.15) is 6.10 Å². The lowest BCUT2D eigenvalue weighted by atomic mass is 10.0. The summed E-state index contributed by atoms with van der Waals surface area (Å²) in [6.07, 6.45) is 39.3. The number of phosphoric acid groups is 1. The molecule has 8 heteroatoms. The lowest BCUT2D eigenvalue weighted by molar-refractivity contribution is -0.0445. The molecule has 0 spiro atoms. The zero-order chi connectivity index (χ0) is 35.4. The van der Waals surface area contributed by atoms with E-state index in [1.165, 1.54) is 173 Å². The second kappa shape index (κ2) is 36.4. The highest BCUT2D eigenvalue weighted by Gasteiger charge is 2.24. The first-order valence-electron chi connectivity index (χ1n) is 21.6. The van der Waals surface area contributed by atoms with Crippen molar-refractivity contribution in [2.24, 2.45) is 0 Å². The Morgan fingerprint density at radius 2 is 0.898 bits per heavy atom. The molecule has 1 fully saturated rings. The largest absolute Gasteiger partial charge is 0.472 e. The lowest BCUT2D eigenvalue weighted by Gasteiger charge is -2.21. The summed E-state index contributed by atoms with van der Waals surface area (Å²) < 4.78 is 35.2. The fraction of sp³-hybridized carbons (Fsp3) is 1.00. The molecule has 1 aliphatic rings. The molecule has 0 amide bonds. The van der Waals surface area contributed by atoms with E-state index in [2.05, 4.69) is 18.7 Å². The van der Waals surface area contributed by atoms with Crippen LogP contribution in [0, 0.1) is 0 Å². The second-order valence-electron chi connectivity index (χ2n) is 14.9. The van der Waals surface area contributed by atoms with Gasteiger partial charge >= 0.3 is 7.82 Å². The molecule has 1 unspecified atom stereocenters. The van der Waals surface area contributed by atoms with Crippen molar-refractivity contribution in [3.05, 3.63) is 0 Å². The first kappa shape index (κ1) is 47.0. The molecule has 49 heavy (non-hydrogen) atoms. The van der Waals surface area contributed by atoms with Crippen molar-refractivity contribution in [1.29, 1.82) is 0 Å². The fourth-order valence-electron chi connectivity index (χ4n) is 6.81. The van der Waals surface area contributed by atoms with Gasteiger partial charge in [0.15, 0.2) is 0 Å². The molecule has 1 aliphatic heterocycles. The molecule has 0 aromatic heterocycles. The van der Waals surface area contributed by atoms with Crippen LogP contribution in [0.5, 0.6) is 0 Å². The number of hydrogen-bond donors (Lipinski definition) is 1. The van der Waals surface area contributed by atoms with Crippen molar-refractivity contribution in [3.8, 4) is 0 Å². The summed E-state index contributed by atoms with van der Waals surface area (Å²) in [5, 5.41) is 0. The molecular formula is C41H84NO6P. The monoisotopic (exact) mass is 718 g/mol. The molecule has 0 aromatic rings. The third kappa shape index (κ3) is 33.6. The van der Waals surface area contributed by atoms with Crippen LogP contribution in [-0.2, 0) is 23.1 Å². The van der Waals surface area contributed by atoms with Crippen LogP contribution >= 0.6 is 7.82 Å². The molecule has 1 N–H and O–H groups in total. The van der Waals surface area contributed by atoms with E-state index in [1.807, 2.05) is 0 Å². The van der Waals surface area contributed by atoms with Gasteiger partial charge in [-0.2, -0.15) is 0 Å². The SMILES string of the molecule is CCCCCCCCCCCCCCCCOC[C@H](COP(=O)(O)OCCN1CCCC1)OCCCCCCCCCCCCCCCC. The quantitative estimate of drug-likeness (QED) is 0.0499. The molecule has 0 aromatic carbocycles. The fourth-order valence-corrected chi connectivity index (χ4v) is 7.55. The van der Waals surface area contributed by atoms with E-state index in [0.717, 1.165) is 32.4 Å². The van der Waals surface area contributed by atoms with E-state index in [9.17, 15) is 9.46 Å². The Morgan fingerprint density at radius 1 is 0.510 bits per heavy atom. The summed E-state index contributed by atoms with van der Waals surface area (Å²) in [5.41, 5.74) is 0. The van der Waals surface area contributed by atoms with Gasteiger partial charge in [0.05, 0.1) is 19.8 Å². The van der Waals surface area contributed by atoms with Gasteiger partial charge in [-0.05, 0) is 38.8 Å². The maximum atomic E-state index is 12.5. The van der Waals surface area contributed by atoms with E-state index in [1.54, 1.807) is 0 Å². The Bertz CT molecular complexity index is 707. The summed E-state index contributed by atoms with van der Waals surface area (Å²) in [6.45, 7) is 9.20. The topological polar surface area (TPSA) is 77.5 Å². The molecule has 1 saturated heterocycles. The highest BCUT2D eigenvalue weighted by molar-refractivity contribution is 7.47. The summed E-state index contributed by atoms with van der Waals surface area (Å²) in [6, 6.07) is 0. The molecule has 0 bridgehead atoms. The predicted molar refractivity (Wildman–Crippen MR) is 209 cm³/mol. The van der Waals surface area contributed by atoms with Gasteiger partial charge in [0, 0.05) is 19.8 Å². The predicted octanol–water partition coefficient (Wildman–Crippen LogP) is 12.6. The minimum atomic E-state index is -4.12. The van der Waals surface area contributed by atoms with Crippen molar-refractivity contribution in [2.75, 3.05) is 52.7 Å². The molecular weight excluding hydrogens is 633 g/mol. The van der Waals surface area contributed by atoms with Crippen LogP contribution in [0.4, 0.5) is 0 Å². The molecule has 7 nitrogen and oxygen atoms in total. The molecule has 0 aliphatic carbocycles. The van der Waals surface area contributed by atoms with E-state index in [0.29, 0.717) is 26.4 Å². The Morgan fingerprint density at radius 3 is 1.33 bits per heavy atom. The number of phosphoric ester groups is 1. The van der Waals surface area contributed by atoms with Crippen molar-refractivity contribution in [3.63, 3.8) is 0 Å². The van der Waals surface area contributed by atoms with Gasteiger partial charge in [0.2, 0.25) is 0 Å². The standard InChI is InChI=1S/C41H84NO6P/c1-3-5-7-9-11-13-15-17-19-21-23-25-27-31-36-45-39-41(40-48-49(43,44)47-38-35-42-33-29-30-34-42)46-37-32-28-26-24-22-20-18-16-14-12-10-8-6-4-2/h41H,3-40H2,1-2H3,(H,43,44)/t41-/m1/s1. The van der Waals surface area contributed by atoms with Crippen LogP contribution in [0.15, 0.2) is 0 Å². The van der Waals surface area contributed by atoms with Crippen molar-refractivity contribution in [2.45, 2.75) is 213 Å². The van der Waals surface area contributed by atoms with Gasteiger partial charge in [-0.15, -0.1) is 0 Å².